The third-order valence-electron chi connectivity index (χ3n) is 3.31. The van der Waals surface area contributed by atoms with E-state index < -0.39 is 43.2 Å². The monoisotopic (exact) mass is 376 g/mol. The average Bonchev–Trinajstić information content (AvgIpc) is 2.51. The van der Waals surface area contributed by atoms with Crippen molar-refractivity contribution in [1.29, 1.82) is 0 Å². The maximum absolute atomic E-state index is 12.0. The minimum absolute atomic E-state index is 0.367. The van der Waals surface area contributed by atoms with Gasteiger partial charge in [-0.3, -0.25) is 10.2 Å². The number of aliphatic hydroxyl groups excluding tert-OH is 4. The van der Waals surface area contributed by atoms with Crippen molar-refractivity contribution < 1.29 is 30.0 Å². The molecule has 1 fully saturated rings. The van der Waals surface area contributed by atoms with E-state index in [2.05, 4.69) is 26.8 Å². The van der Waals surface area contributed by atoms with E-state index in [0.717, 1.165) is 4.47 Å². The molecule has 0 bridgehead atoms. The first-order valence-electron chi connectivity index (χ1n) is 6.56. The van der Waals surface area contributed by atoms with Crippen molar-refractivity contribution in [3.05, 3.63) is 34.3 Å². The molecule has 6 N–H and O–H groups in total. The molecule has 1 aliphatic heterocycles. The highest BCUT2D eigenvalue weighted by atomic mass is 79.9. The van der Waals surface area contributed by atoms with Gasteiger partial charge in [-0.15, -0.1) is 0 Å². The lowest BCUT2D eigenvalue weighted by atomic mass is 9.99. The van der Waals surface area contributed by atoms with Crippen molar-refractivity contribution in [2.75, 3.05) is 6.61 Å². The first-order chi connectivity index (χ1) is 10.4. The van der Waals surface area contributed by atoms with Crippen LogP contribution in [0, 0.1) is 0 Å². The summed E-state index contributed by atoms with van der Waals surface area (Å²) in [7, 11) is 0. The van der Waals surface area contributed by atoms with E-state index in [1.807, 2.05) is 0 Å². The summed E-state index contributed by atoms with van der Waals surface area (Å²) in [6.45, 7) is -0.539. The molecule has 9 heteroatoms. The molecule has 1 aromatic rings. The lowest BCUT2D eigenvalue weighted by Crippen LogP contribution is -2.64. The number of hydrogen-bond acceptors (Lipinski definition) is 7. The van der Waals surface area contributed by atoms with Gasteiger partial charge in [0.25, 0.3) is 5.91 Å². The van der Waals surface area contributed by atoms with Crippen LogP contribution in [-0.2, 0) is 4.74 Å². The van der Waals surface area contributed by atoms with E-state index >= 15 is 0 Å². The molecule has 0 radical (unpaired) electrons. The average molecular weight is 377 g/mol. The highest BCUT2D eigenvalue weighted by molar-refractivity contribution is 9.10. The van der Waals surface area contributed by atoms with E-state index in [4.69, 9.17) is 9.84 Å². The minimum atomic E-state index is -1.51. The Morgan fingerprint density at radius 2 is 1.95 bits per heavy atom. The van der Waals surface area contributed by atoms with Crippen molar-refractivity contribution >= 4 is 21.8 Å². The summed E-state index contributed by atoms with van der Waals surface area (Å²) >= 11 is 3.25. The van der Waals surface area contributed by atoms with Gasteiger partial charge in [0, 0.05) is 10.0 Å². The normalized spacial score (nSPS) is 31.8. The summed E-state index contributed by atoms with van der Waals surface area (Å²) in [6, 6.07) is 6.65. The van der Waals surface area contributed by atoms with Crippen LogP contribution in [0.15, 0.2) is 28.7 Å². The Kier molecular flexibility index (Phi) is 5.87. The van der Waals surface area contributed by atoms with Crippen LogP contribution in [0.3, 0.4) is 0 Å². The molecular weight excluding hydrogens is 360 g/mol. The van der Waals surface area contributed by atoms with Gasteiger partial charge < -0.3 is 25.2 Å². The second kappa shape index (κ2) is 7.47. The quantitative estimate of drug-likeness (QED) is 0.352. The van der Waals surface area contributed by atoms with Crippen molar-refractivity contribution in [3.63, 3.8) is 0 Å². The zero-order valence-electron chi connectivity index (χ0n) is 11.4. The smallest absolute Gasteiger partial charge is 0.265 e. The Balaban J connectivity index is 1.97. The summed E-state index contributed by atoms with van der Waals surface area (Å²) in [6.07, 6.45) is -6.64. The molecule has 1 aromatic carbocycles. The Morgan fingerprint density at radius 1 is 1.23 bits per heavy atom. The maximum Gasteiger partial charge on any atom is 0.265 e. The van der Waals surface area contributed by atoms with Crippen molar-refractivity contribution in [1.82, 2.24) is 10.9 Å². The van der Waals surface area contributed by atoms with Crippen LogP contribution in [0.4, 0.5) is 0 Å². The van der Waals surface area contributed by atoms with Crippen molar-refractivity contribution in [3.8, 4) is 0 Å². The van der Waals surface area contributed by atoms with Gasteiger partial charge in [-0.1, -0.05) is 22.0 Å². The van der Waals surface area contributed by atoms with Crippen LogP contribution in [0.25, 0.3) is 0 Å². The fraction of sp³-hybridized carbons (Fsp3) is 0.462. The third-order valence-corrected chi connectivity index (χ3v) is 3.80. The summed E-state index contributed by atoms with van der Waals surface area (Å²) < 4.78 is 5.93. The van der Waals surface area contributed by atoms with Gasteiger partial charge >= 0.3 is 0 Å². The lowest BCUT2D eigenvalue weighted by Gasteiger charge is -2.40. The van der Waals surface area contributed by atoms with E-state index in [1.54, 1.807) is 24.3 Å². The molecule has 0 unspecified atom stereocenters. The molecule has 122 valence electrons. The highest BCUT2D eigenvalue weighted by Gasteiger charge is 2.43. The van der Waals surface area contributed by atoms with Gasteiger partial charge in [0.2, 0.25) is 0 Å². The van der Waals surface area contributed by atoms with E-state index in [9.17, 15) is 20.1 Å². The third kappa shape index (κ3) is 3.82. The summed E-state index contributed by atoms with van der Waals surface area (Å²) in [4.78, 5) is 12.0. The summed E-state index contributed by atoms with van der Waals surface area (Å²) in [5, 5.41) is 38.2. The number of rotatable bonds is 4. The SMILES string of the molecule is O=C(NN[C@@H]1O[C@@H](CO)[C@@H](O)[C@@H](O)[C@@H]1O)c1cccc(Br)c1. The van der Waals surface area contributed by atoms with Crippen molar-refractivity contribution in [2.24, 2.45) is 0 Å². The standard InChI is InChI=1S/C13H17BrN2O6/c14-7-3-1-2-6(4-7)12(21)15-16-13-11(20)10(19)9(18)8(5-17)22-13/h1-4,8-11,13,16-20H,5H2,(H,15,21)/t8-,9+,10+,11-,13+/m0/s1. The lowest BCUT2D eigenvalue weighted by molar-refractivity contribution is -0.238. The molecule has 1 saturated heterocycles. The number of carbonyl (C=O) groups is 1. The second-order valence-corrected chi connectivity index (χ2v) is 5.77. The van der Waals surface area contributed by atoms with Crippen molar-refractivity contribution in [2.45, 2.75) is 30.6 Å². The first-order valence-corrected chi connectivity index (χ1v) is 7.35. The molecule has 0 saturated carbocycles. The predicted molar refractivity (Wildman–Crippen MR) is 78.5 cm³/mol. The number of ether oxygens (including phenoxy) is 1. The largest absolute Gasteiger partial charge is 0.394 e. The van der Waals surface area contributed by atoms with Crippen LogP contribution in [0.5, 0.6) is 0 Å². The molecular formula is C13H17BrN2O6. The number of aliphatic hydroxyl groups is 4. The molecule has 1 aliphatic rings. The fourth-order valence-corrected chi connectivity index (χ4v) is 2.46. The van der Waals surface area contributed by atoms with Gasteiger partial charge in [0.05, 0.1) is 6.61 Å². The van der Waals surface area contributed by atoms with E-state index in [1.165, 1.54) is 0 Å². The van der Waals surface area contributed by atoms with Crippen LogP contribution in [0.2, 0.25) is 0 Å². The molecule has 0 spiro atoms. The zero-order valence-corrected chi connectivity index (χ0v) is 13.0. The maximum atomic E-state index is 12.0. The number of amides is 1. The number of hydrazine groups is 1. The van der Waals surface area contributed by atoms with Crippen LogP contribution < -0.4 is 10.9 Å². The number of benzene rings is 1. The van der Waals surface area contributed by atoms with Gasteiger partial charge in [-0.25, -0.2) is 5.43 Å². The Bertz CT molecular complexity index is 529. The predicted octanol–water partition coefficient (Wildman–Crippen LogP) is -1.52. The van der Waals surface area contributed by atoms with Gasteiger partial charge in [-0.05, 0) is 18.2 Å². The molecule has 22 heavy (non-hydrogen) atoms. The van der Waals surface area contributed by atoms with E-state index in [0.29, 0.717) is 5.56 Å². The number of halogens is 1. The van der Waals surface area contributed by atoms with Gasteiger partial charge in [0.1, 0.15) is 24.4 Å². The minimum Gasteiger partial charge on any atom is -0.394 e. The number of nitrogens with one attached hydrogen (secondary N) is 2. The van der Waals surface area contributed by atoms with Crippen LogP contribution in [-0.4, -0.2) is 63.6 Å². The zero-order chi connectivity index (χ0) is 16.3. The number of carbonyl (C=O) groups excluding carboxylic acids is 1. The first kappa shape index (κ1) is 17.3. The molecule has 2 rings (SSSR count). The summed E-state index contributed by atoms with van der Waals surface area (Å²) in [5.41, 5.74) is 5.14. The van der Waals surface area contributed by atoms with E-state index in [-0.39, 0.29) is 0 Å². The van der Waals surface area contributed by atoms with Crippen LogP contribution >= 0.6 is 15.9 Å². The molecule has 1 amide bonds. The Hall–Kier alpha value is -1.07. The molecule has 0 aliphatic carbocycles. The fourth-order valence-electron chi connectivity index (χ4n) is 2.06. The van der Waals surface area contributed by atoms with Crippen LogP contribution in [0.1, 0.15) is 10.4 Å². The summed E-state index contributed by atoms with van der Waals surface area (Å²) in [5.74, 6) is -0.474. The highest BCUT2D eigenvalue weighted by Crippen LogP contribution is 2.19. The van der Waals surface area contributed by atoms with Gasteiger partial charge in [-0.2, -0.15) is 0 Å². The second-order valence-electron chi connectivity index (χ2n) is 4.86. The Morgan fingerprint density at radius 3 is 2.59 bits per heavy atom. The Labute approximate surface area is 134 Å². The molecule has 8 nitrogen and oxygen atoms in total. The van der Waals surface area contributed by atoms with Gasteiger partial charge in [0.15, 0.2) is 6.23 Å². The topological polar surface area (TPSA) is 131 Å². The molecule has 0 aromatic heterocycles. The molecule has 1 heterocycles. The number of hydrogen-bond donors (Lipinski definition) is 6. The molecule has 5 atom stereocenters.